The third kappa shape index (κ3) is 6.72. The van der Waals surface area contributed by atoms with Crippen LogP contribution < -0.4 is 10.1 Å². The number of benzene rings is 3. The van der Waals surface area contributed by atoms with Gasteiger partial charge in [-0.1, -0.05) is 67.6 Å². The normalized spacial score (nSPS) is 18.1. The van der Waals surface area contributed by atoms with E-state index in [0.717, 1.165) is 11.1 Å². The van der Waals surface area contributed by atoms with Crippen LogP contribution in [0, 0.1) is 0 Å². The smallest absolute Gasteiger partial charge is 0.407 e. The van der Waals surface area contributed by atoms with Crippen molar-refractivity contribution in [3.63, 3.8) is 0 Å². The fraction of sp³-hybridized carbons (Fsp3) is 0.345. The number of aliphatic hydroxyl groups excluding tert-OH is 1. The number of nitrogens with zero attached hydrogens (tertiary/aromatic N) is 1. The Balaban J connectivity index is 1.50. The molecule has 0 aliphatic carbocycles. The van der Waals surface area contributed by atoms with Crippen molar-refractivity contribution in [3.05, 3.63) is 95.6 Å². The van der Waals surface area contributed by atoms with Crippen LogP contribution in [0.5, 0.6) is 5.75 Å². The van der Waals surface area contributed by atoms with Gasteiger partial charge in [-0.3, -0.25) is 0 Å². The molecule has 0 aromatic heterocycles. The van der Waals surface area contributed by atoms with Crippen LogP contribution in [0.1, 0.15) is 36.5 Å². The van der Waals surface area contributed by atoms with Gasteiger partial charge in [-0.2, -0.15) is 4.31 Å². The van der Waals surface area contributed by atoms with Gasteiger partial charge in [-0.15, -0.1) is 0 Å². The first-order valence-electron chi connectivity index (χ1n) is 12.7. The molecule has 3 aromatic rings. The van der Waals surface area contributed by atoms with E-state index in [9.17, 15) is 18.3 Å². The maximum atomic E-state index is 13.5. The lowest BCUT2D eigenvalue weighted by atomic mass is 9.99. The Kier molecular flexibility index (Phi) is 9.04. The predicted molar refractivity (Wildman–Crippen MR) is 144 cm³/mol. The number of carbonyl (C=O) groups excluding carboxylic acids is 1. The van der Waals surface area contributed by atoms with Gasteiger partial charge in [0.1, 0.15) is 12.4 Å². The van der Waals surface area contributed by atoms with Crippen molar-refractivity contribution in [1.29, 1.82) is 0 Å². The van der Waals surface area contributed by atoms with Gasteiger partial charge < -0.3 is 19.9 Å². The summed E-state index contributed by atoms with van der Waals surface area (Å²) in [6.45, 7) is 4.43. The highest BCUT2D eigenvalue weighted by Crippen LogP contribution is 2.36. The average Bonchev–Trinajstić information content (AvgIpc) is 2.91. The molecule has 1 unspecified atom stereocenters. The molecule has 0 spiro atoms. The number of rotatable bonds is 10. The highest BCUT2D eigenvalue weighted by Gasteiger charge is 2.38. The van der Waals surface area contributed by atoms with Gasteiger partial charge in [0.2, 0.25) is 10.0 Å². The lowest BCUT2D eigenvalue weighted by Gasteiger charge is -2.35. The monoisotopic (exact) mass is 538 g/mol. The summed E-state index contributed by atoms with van der Waals surface area (Å²) in [5, 5.41) is 14.0. The number of aliphatic hydroxyl groups is 1. The van der Waals surface area contributed by atoms with Crippen LogP contribution in [0.2, 0.25) is 0 Å². The number of hydrogen-bond donors (Lipinski definition) is 2. The summed E-state index contributed by atoms with van der Waals surface area (Å²) in [5.74, 6) is 0.528. The van der Waals surface area contributed by atoms with Crippen LogP contribution in [-0.2, 0) is 27.8 Å². The Hall–Kier alpha value is -3.40. The molecule has 9 heteroatoms. The number of carbonyl (C=O) groups is 1. The minimum Gasteiger partial charge on any atom is -0.494 e. The first kappa shape index (κ1) is 27.6. The molecule has 1 aliphatic rings. The standard InChI is InChI=1S/C29H34N2O6S/c1-3-36-24-14-15-28-25(17-24)21(2)18-31(38(28,34)35)19-27(32)26(16-22-10-6-4-7-11-22)30-29(33)37-20-23-12-8-5-9-13-23/h4-15,17,21,26-27,32H,3,16,18-20H2,1-2H3,(H,30,33)/t21?,26-,27+/m0/s1. The molecule has 3 atom stereocenters. The number of amides is 1. The highest BCUT2D eigenvalue weighted by atomic mass is 32.2. The fourth-order valence-corrected chi connectivity index (χ4v) is 6.47. The first-order valence-corrected chi connectivity index (χ1v) is 14.2. The number of β-amino-alcohol motifs (C(OH)–C–C–N with tert-alkyl or cyclic N) is 1. The Morgan fingerprint density at radius 3 is 2.37 bits per heavy atom. The molecule has 202 valence electrons. The van der Waals surface area contributed by atoms with Crippen LogP contribution in [0.3, 0.4) is 0 Å². The molecule has 0 fully saturated rings. The van der Waals surface area contributed by atoms with Gasteiger partial charge >= 0.3 is 6.09 Å². The number of alkyl carbamates (subject to hydrolysis) is 1. The predicted octanol–water partition coefficient (Wildman–Crippen LogP) is 4.09. The summed E-state index contributed by atoms with van der Waals surface area (Å²) >= 11 is 0. The molecule has 0 bridgehead atoms. The molecular weight excluding hydrogens is 504 g/mol. The summed E-state index contributed by atoms with van der Waals surface area (Å²) in [5.41, 5.74) is 2.43. The quantitative estimate of drug-likeness (QED) is 0.403. The SMILES string of the molecule is CCOc1ccc2c(c1)C(C)CN(C[C@@H](O)[C@H](Cc1ccccc1)NC(=O)OCc1ccccc1)S2(=O)=O. The topological polar surface area (TPSA) is 105 Å². The van der Waals surface area contributed by atoms with E-state index in [1.54, 1.807) is 18.2 Å². The third-order valence-corrected chi connectivity index (χ3v) is 8.49. The lowest BCUT2D eigenvalue weighted by Crippen LogP contribution is -2.52. The maximum Gasteiger partial charge on any atom is 0.407 e. The van der Waals surface area contributed by atoms with Crippen molar-refractivity contribution >= 4 is 16.1 Å². The summed E-state index contributed by atoms with van der Waals surface area (Å²) in [6.07, 6.45) is -1.55. The van der Waals surface area contributed by atoms with Gasteiger partial charge in [-0.25, -0.2) is 13.2 Å². The second-order valence-electron chi connectivity index (χ2n) is 9.43. The molecule has 0 radical (unpaired) electrons. The molecule has 38 heavy (non-hydrogen) atoms. The Morgan fingerprint density at radius 1 is 1.05 bits per heavy atom. The Morgan fingerprint density at radius 2 is 1.71 bits per heavy atom. The van der Waals surface area contributed by atoms with E-state index < -0.39 is 28.3 Å². The highest BCUT2D eigenvalue weighted by molar-refractivity contribution is 7.89. The summed E-state index contributed by atoms with van der Waals surface area (Å²) in [7, 11) is -3.85. The van der Waals surface area contributed by atoms with Gasteiger partial charge in [0, 0.05) is 13.1 Å². The molecular formula is C29H34N2O6S. The van der Waals surface area contributed by atoms with Crippen LogP contribution in [0.4, 0.5) is 4.79 Å². The lowest BCUT2D eigenvalue weighted by molar-refractivity contribution is 0.0876. The second-order valence-corrected chi connectivity index (χ2v) is 11.3. The van der Waals surface area contributed by atoms with Crippen LogP contribution >= 0.6 is 0 Å². The van der Waals surface area contributed by atoms with Gasteiger partial charge in [0.25, 0.3) is 0 Å². The van der Waals surface area contributed by atoms with Crippen molar-refractivity contribution in [3.8, 4) is 5.75 Å². The average molecular weight is 539 g/mol. The Bertz CT molecular complexity index is 1320. The van der Waals surface area contributed by atoms with Crippen LogP contribution in [0.15, 0.2) is 83.8 Å². The zero-order chi connectivity index (χ0) is 27.1. The molecule has 3 aromatic carbocycles. The summed E-state index contributed by atoms with van der Waals surface area (Å²) in [4.78, 5) is 12.9. The molecule has 8 nitrogen and oxygen atoms in total. The molecule has 2 N–H and O–H groups in total. The molecule has 0 saturated carbocycles. The minimum atomic E-state index is -3.85. The second kappa shape index (κ2) is 12.4. The van der Waals surface area contributed by atoms with E-state index in [-0.39, 0.29) is 30.5 Å². The molecule has 1 aliphatic heterocycles. The fourth-order valence-electron chi connectivity index (χ4n) is 4.62. The van der Waals surface area contributed by atoms with E-state index in [0.29, 0.717) is 24.3 Å². The van der Waals surface area contributed by atoms with Gasteiger partial charge in [-0.05, 0) is 54.2 Å². The van der Waals surface area contributed by atoms with Crippen molar-refractivity contribution in [2.45, 2.75) is 49.8 Å². The van der Waals surface area contributed by atoms with Crippen molar-refractivity contribution in [2.75, 3.05) is 19.7 Å². The van der Waals surface area contributed by atoms with E-state index in [4.69, 9.17) is 9.47 Å². The molecule has 0 saturated heterocycles. The summed E-state index contributed by atoms with van der Waals surface area (Å²) in [6, 6.07) is 22.9. The zero-order valence-electron chi connectivity index (χ0n) is 21.6. The van der Waals surface area contributed by atoms with Crippen molar-refractivity contribution < 1.29 is 27.8 Å². The number of sulfonamides is 1. The molecule has 1 heterocycles. The van der Waals surface area contributed by atoms with Crippen molar-refractivity contribution in [2.24, 2.45) is 0 Å². The van der Waals surface area contributed by atoms with Crippen LogP contribution in [0.25, 0.3) is 0 Å². The number of ether oxygens (including phenoxy) is 2. The number of nitrogens with one attached hydrogen (secondary N) is 1. The summed E-state index contributed by atoms with van der Waals surface area (Å²) < 4.78 is 39.2. The molecule has 4 rings (SSSR count). The first-order chi connectivity index (χ1) is 18.3. The van der Waals surface area contributed by atoms with Crippen LogP contribution in [-0.4, -0.2) is 55.8 Å². The van der Waals surface area contributed by atoms with E-state index in [2.05, 4.69) is 5.32 Å². The van der Waals surface area contributed by atoms with Crippen molar-refractivity contribution in [1.82, 2.24) is 9.62 Å². The largest absolute Gasteiger partial charge is 0.494 e. The van der Waals surface area contributed by atoms with Gasteiger partial charge in [0.15, 0.2) is 0 Å². The molecule has 1 amide bonds. The van der Waals surface area contributed by atoms with E-state index >= 15 is 0 Å². The van der Waals surface area contributed by atoms with Gasteiger partial charge in [0.05, 0.1) is 23.6 Å². The van der Waals surface area contributed by atoms with E-state index in [1.165, 1.54) is 4.31 Å². The maximum absolute atomic E-state index is 13.5. The zero-order valence-corrected chi connectivity index (χ0v) is 22.4. The third-order valence-electron chi connectivity index (χ3n) is 6.59. The number of hydrogen-bond acceptors (Lipinski definition) is 6. The Labute approximate surface area is 224 Å². The van der Waals surface area contributed by atoms with E-state index in [1.807, 2.05) is 74.5 Å². The number of fused-ring (bicyclic) bond motifs is 1. The minimum absolute atomic E-state index is 0.0827.